The standard InChI is InChI=1S/C11H12N2O2/c12-5-9-1-3-10(4-2-9)6-13-7-11(15)8-14/h1-4,6,11,14-15H,7-8H2. The van der Waals surface area contributed by atoms with Crippen molar-refractivity contribution in [3.05, 3.63) is 35.4 Å². The van der Waals surface area contributed by atoms with Crippen LogP contribution in [0.15, 0.2) is 29.3 Å². The van der Waals surface area contributed by atoms with E-state index in [0.717, 1.165) is 5.56 Å². The summed E-state index contributed by atoms with van der Waals surface area (Å²) in [5.41, 5.74) is 1.46. The van der Waals surface area contributed by atoms with Crippen molar-refractivity contribution in [3.63, 3.8) is 0 Å². The zero-order valence-electron chi connectivity index (χ0n) is 8.17. The third kappa shape index (κ3) is 3.90. The zero-order valence-corrected chi connectivity index (χ0v) is 8.17. The van der Waals surface area contributed by atoms with Crippen molar-refractivity contribution in [2.24, 2.45) is 4.99 Å². The Hall–Kier alpha value is -1.70. The van der Waals surface area contributed by atoms with Gasteiger partial charge in [0.25, 0.3) is 0 Å². The first-order valence-electron chi connectivity index (χ1n) is 4.55. The third-order valence-corrected chi connectivity index (χ3v) is 1.81. The van der Waals surface area contributed by atoms with Gasteiger partial charge in [-0.3, -0.25) is 4.99 Å². The Morgan fingerprint density at radius 2 is 2.07 bits per heavy atom. The fraction of sp³-hybridized carbons (Fsp3) is 0.273. The number of benzene rings is 1. The number of aliphatic hydroxyl groups is 2. The molecule has 0 aliphatic carbocycles. The summed E-state index contributed by atoms with van der Waals surface area (Å²) >= 11 is 0. The van der Waals surface area contributed by atoms with Crippen LogP contribution in [-0.4, -0.2) is 35.7 Å². The van der Waals surface area contributed by atoms with Gasteiger partial charge in [-0.1, -0.05) is 12.1 Å². The summed E-state index contributed by atoms with van der Waals surface area (Å²) in [6.07, 6.45) is 0.791. The first-order chi connectivity index (χ1) is 7.26. The Morgan fingerprint density at radius 1 is 1.40 bits per heavy atom. The first kappa shape index (κ1) is 11.4. The summed E-state index contributed by atoms with van der Waals surface area (Å²) in [6, 6.07) is 8.96. The quantitative estimate of drug-likeness (QED) is 0.694. The molecule has 0 aliphatic heterocycles. The highest BCUT2D eigenvalue weighted by Crippen LogP contribution is 2.00. The van der Waals surface area contributed by atoms with Crippen molar-refractivity contribution in [2.75, 3.05) is 13.2 Å². The molecule has 1 aromatic rings. The Labute approximate surface area is 88.1 Å². The molecule has 0 fully saturated rings. The molecule has 0 radical (unpaired) electrons. The monoisotopic (exact) mass is 204 g/mol. The predicted molar refractivity (Wildman–Crippen MR) is 56.7 cm³/mol. The van der Waals surface area contributed by atoms with E-state index in [4.69, 9.17) is 15.5 Å². The normalized spacial score (nSPS) is 12.6. The number of rotatable bonds is 4. The Balaban J connectivity index is 2.54. The van der Waals surface area contributed by atoms with Crippen molar-refractivity contribution < 1.29 is 10.2 Å². The second kappa shape index (κ2) is 5.91. The highest BCUT2D eigenvalue weighted by atomic mass is 16.3. The van der Waals surface area contributed by atoms with Crippen molar-refractivity contribution in [2.45, 2.75) is 6.10 Å². The van der Waals surface area contributed by atoms with Crippen LogP contribution in [-0.2, 0) is 0 Å². The molecule has 0 aromatic heterocycles. The van der Waals surface area contributed by atoms with Gasteiger partial charge < -0.3 is 10.2 Å². The van der Waals surface area contributed by atoms with Crippen LogP contribution in [0.3, 0.4) is 0 Å². The maximum atomic E-state index is 9.01. The fourth-order valence-electron chi connectivity index (χ4n) is 0.981. The molecule has 0 saturated heterocycles. The van der Waals surface area contributed by atoms with E-state index in [1.54, 1.807) is 30.5 Å². The SMILES string of the molecule is N#Cc1ccc(C=NCC(O)CO)cc1. The lowest BCUT2D eigenvalue weighted by Crippen LogP contribution is -2.15. The zero-order chi connectivity index (χ0) is 11.1. The van der Waals surface area contributed by atoms with Crippen LogP contribution in [0.5, 0.6) is 0 Å². The number of hydrogen-bond acceptors (Lipinski definition) is 4. The minimum Gasteiger partial charge on any atom is -0.394 e. The van der Waals surface area contributed by atoms with Crippen LogP contribution in [0.1, 0.15) is 11.1 Å². The highest BCUT2D eigenvalue weighted by Gasteiger charge is 1.97. The lowest BCUT2D eigenvalue weighted by atomic mass is 10.2. The van der Waals surface area contributed by atoms with Gasteiger partial charge in [-0.25, -0.2) is 0 Å². The molecule has 0 spiro atoms. The van der Waals surface area contributed by atoms with Gasteiger partial charge in [-0.05, 0) is 17.7 Å². The lowest BCUT2D eigenvalue weighted by Gasteiger charge is -2.00. The summed E-state index contributed by atoms with van der Waals surface area (Å²) in [6.45, 7) is -0.110. The number of aliphatic hydroxyl groups excluding tert-OH is 2. The Kier molecular flexibility index (Phi) is 4.48. The van der Waals surface area contributed by atoms with Crippen molar-refractivity contribution >= 4 is 6.21 Å². The maximum Gasteiger partial charge on any atom is 0.0991 e. The van der Waals surface area contributed by atoms with E-state index in [1.165, 1.54) is 0 Å². The average molecular weight is 204 g/mol. The van der Waals surface area contributed by atoms with Gasteiger partial charge in [0.1, 0.15) is 0 Å². The van der Waals surface area contributed by atoms with Gasteiger partial charge in [0.2, 0.25) is 0 Å². The van der Waals surface area contributed by atoms with Crippen molar-refractivity contribution in [1.82, 2.24) is 0 Å². The molecule has 78 valence electrons. The number of aliphatic imine (C=N–C) groups is 1. The smallest absolute Gasteiger partial charge is 0.0991 e. The summed E-state index contributed by atoms with van der Waals surface area (Å²) in [4.78, 5) is 3.95. The van der Waals surface area contributed by atoms with E-state index in [0.29, 0.717) is 5.56 Å². The topological polar surface area (TPSA) is 76.6 Å². The Morgan fingerprint density at radius 3 is 2.60 bits per heavy atom. The molecule has 0 saturated carbocycles. The van der Waals surface area contributed by atoms with Gasteiger partial charge in [0.15, 0.2) is 0 Å². The van der Waals surface area contributed by atoms with Crippen LogP contribution in [0.2, 0.25) is 0 Å². The predicted octanol–water partition coefficient (Wildman–Crippen LogP) is 0.330. The van der Waals surface area contributed by atoms with Gasteiger partial charge in [-0.2, -0.15) is 5.26 Å². The van der Waals surface area contributed by atoms with E-state index in [-0.39, 0.29) is 13.2 Å². The van der Waals surface area contributed by atoms with Crippen LogP contribution < -0.4 is 0 Å². The second-order valence-electron chi connectivity index (χ2n) is 3.06. The largest absolute Gasteiger partial charge is 0.394 e. The van der Waals surface area contributed by atoms with Gasteiger partial charge in [-0.15, -0.1) is 0 Å². The first-order valence-corrected chi connectivity index (χ1v) is 4.55. The van der Waals surface area contributed by atoms with Crippen molar-refractivity contribution in [3.8, 4) is 6.07 Å². The third-order valence-electron chi connectivity index (χ3n) is 1.81. The number of nitriles is 1. The fourth-order valence-corrected chi connectivity index (χ4v) is 0.981. The molecule has 0 bridgehead atoms. The Bertz CT molecular complexity index is 365. The average Bonchev–Trinajstić information content (AvgIpc) is 2.29. The van der Waals surface area contributed by atoms with Gasteiger partial charge in [0.05, 0.1) is 30.9 Å². The van der Waals surface area contributed by atoms with E-state index in [9.17, 15) is 0 Å². The minimum absolute atomic E-state index is 0.177. The molecule has 1 rings (SSSR count). The second-order valence-corrected chi connectivity index (χ2v) is 3.06. The summed E-state index contributed by atoms with van der Waals surface area (Å²) in [5, 5.41) is 26.1. The molecule has 0 aliphatic rings. The molecule has 1 aromatic carbocycles. The molecule has 15 heavy (non-hydrogen) atoms. The van der Waals surface area contributed by atoms with Crippen molar-refractivity contribution in [1.29, 1.82) is 5.26 Å². The van der Waals surface area contributed by atoms with E-state index >= 15 is 0 Å². The highest BCUT2D eigenvalue weighted by molar-refractivity contribution is 5.79. The lowest BCUT2D eigenvalue weighted by molar-refractivity contribution is 0.102. The minimum atomic E-state index is -0.806. The molecule has 2 N–H and O–H groups in total. The number of nitrogens with zero attached hydrogens (tertiary/aromatic N) is 2. The molecular formula is C11H12N2O2. The molecule has 0 heterocycles. The van der Waals surface area contributed by atoms with E-state index < -0.39 is 6.10 Å². The molecular weight excluding hydrogens is 192 g/mol. The van der Waals surface area contributed by atoms with Crippen LogP contribution in [0, 0.1) is 11.3 Å². The van der Waals surface area contributed by atoms with Crippen LogP contribution in [0.25, 0.3) is 0 Å². The summed E-state index contributed by atoms with van der Waals surface area (Å²) < 4.78 is 0. The molecule has 1 atom stereocenters. The van der Waals surface area contributed by atoms with Gasteiger partial charge in [0, 0.05) is 6.21 Å². The van der Waals surface area contributed by atoms with E-state index in [2.05, 4.69) is 4.99 Å². The van der Waals surface area contributed by atoms with E-state index in [1.807, 2.05) is 6.07 Å². The molecule has 1 unspecified atom stereocenters. The molecule has 4 heteroatoms. The number of hydrogen-bond donors (Lipinski definition) is 2. The van der Waals surface area contributed by atoms with Crippen LogP contribution >= 0.6 is 0 Å². The molecule has 0 amide bonds. The summed E-state index contributed by atoms with van der Waals surface area (Å²) in [7, 11) is 0. The van der Waals surface area contributed by atoms with Crippen LogP contribution in [0.4, 0.5) is 0 Å². The summed E-state index contributed by atoms with van der Waals surface area (Å²) in [5.74, 6) is 0. The molecule has 4 nitrogen and oxygen atoms in total. The van der Waals surface area contributed by atoms with Gasteiger partial charge >= 0.3 is 0 Å². The maximum absolute atomic E-state index is 9.01.